The summed E-state index contributed by atoms with van der Waals surface area (Å²) in [6.07, 6.45) is 1.70. The van der Waals surface area contributed by atoms with Crippen molar-refractivity contribution in [1.29, 1.82) is 0 Å². The average Bonchev–Trinajstić information content (AvgIpc) is 3.50. The maximum Gasteiger partial charge on any atom is 0.338 e. The summed E-state index contributed by atoms with van der Waals surface area (Å²) >= 11 is 0. The Labute approximate surface area is 244 Å². The van der Waals surface area contributed by atoms with Gasteiger partial charge in [0.1, 0.15) is 5.82 Å². The van der Waals surface area contributed by atoms with Crippen LogP contribution >= 0.6 is 0 Å². The zero-order valence-electron chi connectivity index (χ0n) is 25.1. The van der Waals surface area contributed by atoms with Gasteiger partial charge in [0.2, 0.25) is 0 Å². The second kappa shape index (κ2) is 10.8. The van der Waals surface area contributed by atoms with Gasteiger partial charge in [0.05, 0.1) is 36.0 Å². The molecule has 0 bridgehead atoms. The minimum atomic E-state index is -0.634. The summed E-state index contributed by atoms with van der Waals surface area (Å²) in [4.78, 5) is 25.8. The zero-order valence-corrected chi connectivity index (χ0v) is 25.1. The van der Waals surface area contributed by atoms with E-state index < -0.39 is 10.8 Å². The quantitative estimate of drug-likeness (QED) is 0.189. The molecule has 0 aliphatic heterocycles. The van der Waals surface area contributed by atoms with E-state index >= 15 is 0 Å². The van der Waals surface area contributed by atoms with Gasteiger partial charge in [-0.05, 0) is 61.0 Å². The van der Waals surface area contributed by atoms with Crippen molar-refractivity contribution in [2.45, 2.75) is 47.0 Å². The maximum atomic E-state index is 14.1. The maximum absolute atomic E-state index is 14.1. The molecular weight excluding hydrogens is 533 g/mol. The molecule has 0 spiro atoms. The molecule has 0 atom stereocenters. The summed E-state index contributed by atoms with van der Waals surface area (Å²) in [6.45, 7) is 12.3. The van der Waals surface area contributed by atoms with Crippen LogP contribution in [0, 0.1) is 11.2 Å². The Balaban J connectivity index is 1.90. The van der Waals surface area contributed by atoms with Gasteiger partial charge in [-0.1, -0.05) is 46.8 Å². The number of nitrogens with zero attached hydrogens (tertiary/aromatic N) is 3. The molecule has 0 unspecified atom stereocenters. The van der Waals surface area contributed by atoms with Gasteiger partial charge in [0.25, 0.3) is 5.91 Å². The summed E-state index contributed by atoms with van der Waals surface area (Å²) in [7, 11) is 1.67. The van der Waals surface area contributed by atoms with Crippen LogP contribution in [0.4, 0.5) is 4.39 Å². The minimum absolute atomic E-state index is 0.116. The smallest absolute Gasteiger partial charge is 0.338 e. The van der Waals surface area contributed by atoms with Crippen LogP contribution in [0.25, 0.3) is 38.6 Å². The topological polar surface area (TPSA) is 75.3 Å². The van der Waals surface area contributed by atoms with E-state index in [1.165, 1.54) is 16.8 Å². The first-order valence-corrected chi connectivity index (χ1v) is 14.0. The number of rotatable bonds is 7. The number of hydrogen-bond donors (Lipinski definition) is 0. The zero-order chi connectivity index (χ0) is 30.4. The van der Waals surface area contributed by atoms with Gasteiger partial charge in [0.15, 0.2) is 0 Å². The molecule has 218 valence electrons. The predicted molar refractivity (Wildman–Crippen MR) is 163 cm³/mol. The van der Waals surface area contributed by atoms with Crippen molar-refractivity contribution in [3.8, 4) is 16.8 Å². The van der Waals surface area contributed by atoms with Crippen LogP contribution in [0.15, 0.2) is 66.9 Å². The highest BCUT2D eigenvalue weighted by atomic mass is 19.1. The fraction of sp³-hybridized carbons (Fsp3) is 0.324. The molecule has 5 aromatic rings. The summed E-state index contributed by atoms with van der Waals surface area (Å²) in [6, 6.07) is 17.8. The molecule has 0 aliphatic rings. The third-order valence-corrected chi connectivity index (χ3v) is 7.41. The van der Waals surface area contributed by atoms with E-state index in [1.807, 2.05) is 45.0 Å². The molecular formula is C34H36FN3O4. The molecule has 0 radical (unpaired) electrons. The number of hydrogen-bond acceptors (Lipinski definition) is 5. The molecule has 0 N–H and O–H groups in total. The Hall–Kier alpha value is -4.30. The first kappa shape index (κ1) is 29.2. The van der Waals surface area contributed by atoms with Gasteiger partial charge < -0.3 is 14.0 Å². The highest BCUT2D eigenvalue weighted by molar-refractivity contribution is 6.08. The Morgan fingerprint density at radius 2 is 1.60 bits per heavy atom. The van der Waals surface area contributed by atoms with E-state index in [-0.39, 0.29) is 24.3 Å². The van der Waals surface area contributed by atoms with Crippen molar-refractivity contribution >= 4 is 33.7 Å². The van der Waals surface area contributed by atoms with Gasteiger partial charge in [-0.15, -0.1) is 0 Å². The number of esters is 1. The number of carbonyl (C=O) groups excluding carboxylic acids is 2. The Bertz CT molecular complexity index is 1790. The lowest BCUT2D eigenvalue weighted by Gasteiger charge is -2.28. The van der Waals surface area contributed by atoms with Crippen molar-refractivity contribution in [3.63, 3.8) is 0 Å². The first-order chi connectivity index (χ1) is 19.9. The molecule has 0 saturated carbocycles. The summed E-state index contributed by atoms with van der Waals surface area (Å²) in [5.41, 5.74) is 4.42. The van der Waals surface area contributed by atoms with Crippen molar-refractivity contribution in [2.24, 2.45) is 5.41 Å². The van der Waals surface area contributed by atoms with E-state index in [0.717, 1.165) is 38.8 Å². The van der Waals surface area contributed by atoms with Gasteiger partial charge in [-0.25, -0.2) is 9.18 Å². The molecule has 2 aromatic heterocycles. The minimum Gasteiger partial charge on any atom is -0.462 e. The highest BCUT2D eigenvalue weighted by Crippen LogP contribution is 2.44. The number of methoxy groups -OCH3 is 1. The number of carbonyl (C=O) groups is 2. The predicted octanol–water partition coefficient (Wildman–Crippen LogP) is 7.57. The molecule has 7 nitrogen and oxygen atoms in total. The van der Waals surface area contributed by atoms with Crippen LogP contribution < -0.4 is 0 Å². The third kappa shape index (κ3) is 5.11. The van der Waals surface area contributed by atoms with Crippen LogP contribution in [-0.2, 0) is 14.9 Å². The normalized spacial score (nSPS) is 12.3. The van der Waals surface area contributed by atoms with E-state index in [2.05, 4.69) is 23.5 Å². The molecule has 3 aromatic carbocycles. The van der Waals surface area contributed by atoms with Crippen LogP contribution in [-0.4, -0.2) is 46.5 Å². The van der Waals surface area contributed by atoms with Crippen molar-refractivity contribution in [1.82, 2.24) is 14.3 Å². The van der Waals surface area contributed by atoms with Gasteiger partial charge in [0, 0.05) is 45.7 Å². The van der Waals surface area contributed by atoms with Crippen LogP contribution in [0.5, 0.6) is 0 Å². The Morgan fingerprint density at radius 1 is 0.929 bits per heavy atom. The lowest BCUT2D eigenvalue weighted by Crippen LogP contribution is -2.27. The largest absolute Gasteiger partial charge is 0.462 e. The third-order valence-electron chi connectivity index (χ3n) is 7.41. The lowest BCUT2D eigenvalue weighted by molar-refractivity contribution is 0.0526. The second-order valence-corrected chi connectivity index (χ2v) is 12.2. The highest BCUT2D eigenvalue weighted by Gasteiger charge is 2.33. The van der Waals surface area contributed by atoms with E-state index in [1.54, 1.807) is 44.5 Å². The second-order valence-electron chi connectivity index (χ2n) is 12.2. The number of ether oxygens (including phenoxy) is 2. The van der Waals surface area contributed by atoms with Crippen LogP contribution in [0.3, 0.4) is 0 Å². The molecule has 2 heterocycles. The summed E-state index contributed by atoms with van der Waals surface area (Å²) < 4.78 is 28.6. The molecule has 8 heteroatoms. The molecule has 0 saturated heterocycles. The molecule has 0 fully saturated rings. The van der Waals surface area contributed by atoms with Crippen molar-refractivity contribution in [3.05, 3.63) is 83.9 Å². The first-order valence-electron chi connectivity index (χ1n) is 14.0. The van der Waals surface area contributed by atoms with Crippen molar-refractivity contribution < 1.29 is 23.5 Å². The Morgan fingerprint density at radius 3 is 2.19 bits per heavy atom. The van der Waals surface area contributed by atoms with E-state index in [4.69, 9.17) is 9.47 Å². The number of aromatic nitrogens is 3. The molecule has 5 rings (SSSR count). The average molecular weight is 570 g/mol. The number of fused-ring (bicyclic) bond motifs is 2. The van der Waals surface area contributed by atoms with E-state index in [0.29, 0.717) is 17.7 Å². The number of halogens is 1. The SMILES string of the molecule is CCOC(=O)c1ccc(-c2c(C(C)(C)COC)n(-c3ccc(F)cc3)c3cc4cnn(C(=O)C(C)(C)C)c4cc23)cc1. The molecule has 0 aliphatic carbocycles. The lowest BCUT2D eigenvalue weighted by atomic mass is 9.84. The molecule has 0 amide bonds. The Kier molecular flexibility index (Phi) is 7.53. The fourth-order valence-electron chi connectivity index (χ4n) is 5.49. The van der Waals surface area contributed by atoms with Crippen LogP contribution in [0.2, 0.25) is 0 Å². The van der Waals surface area contributed by atoms with Crippen LogP contribution in [0.1, 0.15) is 62.4 Å². The fourth-order valence-corrected chi connectivity index (χ4v) is 5.49. The van der Waals surface area contributed by atoms with Crippen molar-refractivity contribution in [2.75, 3.05) is 20.3 Å². The summed E-state index contributed by atoms with van der Waals surface area (Å²) in [5, 5.41) is 6.16. The van der Waals surface area contributed by atoms with Gasteiger partial charge in [-0.2, -0.15) is 9.78 Å². The monoisotopic (exact) mass is 569 g/mol. The van der Waals surface area contributed by atoms with Gasteiger partial charge in [-0.3, -0.25) is 4.79 Å². The number of benzene rings is 3. The standard InChI is InChI=1S/C34H36FN3O4/c1-8-42-31(39)22-11-9-21(10-12-22)29-26-18-27-23(19-36-38(27)32(40)33(2,3)4)17-28(26)37(25-15-13-24(35)14-16-25)30(29)34(5,6)20-41-7/h9-19H,8,20H2,1-7H3. The van der Waals surface area contributed by atoms with Gasteiger partial charge >= 0.3 is 5.97 Å². The summed E-state index contributed by atoms with van der Waals surface area (Å²) in [5.74, 6) is -0.828. The molecule has 42 heavy (non-hydrogen) atoms. The van der Waals surface area contributed by atoms with E-state index in [9.17, 15) is 14.0 Å².